The lowest BCUT2D eigenvalue weighted by atomic mass is 10.2. The zero-order chi connectivity index (χ0) is 11.1. The first-order valence-electron chi connectivity index (χ1n) is 5.50. The highest BCUT2D eigenvalue weighted by molar-refractivity contribution is 5.15. The third-order valence-corrected chi connectivity index (χ3v) is 2.44. The molecule has 1 N–H and O–H groups in total. The van der Waals surface area contributed by atoms with Crippen molar-refractivity contribution in [2.24, 2.45) is 0 Å². The Bertz CT molecular complexity index is 283. The summed E-state index contributed by atoms with van der Waals surface area (Å²) in [6, 6.07) is 0. The fraction of sp³-hybridized carbons (Fsp3) is 0.727. The number of nitrogens with zero attached hydrogens (tertiary/aromatic N) is 2. The molecular weight excluding hydrogens is 190 g/mol. The highest BCUT2D eigenvalue weighted by atomic mass is 16.5. The second-order valence-electron chi connectivity index (χ2n) is 3.65. The van der Waals surface area contributed by atoms with Gasteiger partial charge in [0.15, 0.2) is 0 Å². The Kier molecular flexibility index (Phi) is 5.36. The van der Waals surface area contributed by atoms with Gasteiger partial charge in [-0.3, -0.25) is 4.68 Å². The first-order chi connectivity index (χ1) is 7.29. The number of ether oxygens (including phenoxy) is 1. The van der Waals surface area contributed by atoms with Gasteiger partial charge in [0.25, 0.3) is 0 Å². The van der Waals surface area contributed by atoms with Crippen LogP contribution in [0.3, 0.4) is 0 Å². The van der Waals surface area contributed by atoms with Gasteiger partial charge in [-0.2, -0.15) is 5.10 Å². The van der Waals surface area contributed by atoms with Crippen molar-refractivity contribution in [1.82, 2.24) is 15.1 Å². The predicted octanol–water partition coefficient (Wildman–Crippen LogP) is 1.34. The van der Waals surface area contributed by atoms with Gasteiger partial charge in [-0.1, -0.05) is 6.92 Å². The number of hydrogen-bond acceptors (Lipinski definition) is 3. The van der Waals surface area contributed by atoms with Crippen molar-refractivity contribution in [2.75, 3.05) is 20.3 Å². The molecular formula is C11H21N3O. The highest BCUT2D eigenvalue weighted by Gasteiger charge is 2.04. The zero-order valence-corrected chi connectivity index (χ0v) is 9.92. The van der Waals surface area contributed by atoms with Crippen molar-refractivity contribution < 1.29 is 4.74 Å². The number of rotatable bonds is 7. The molecule has 0 spiro atoms. The van der Waals surface area contributed by atoms with E-state index in [4.69, 9.17) is 4.74 Å². The maximum Gasteiger partial charge on any atom is 0.0587 e. The summed E-state index contributed by atoms with van der Waals surface area (Å²) in [5.74, 6) is 0. The third-order valence-electron chi connectivity index (χ3n) is 2.44. The van der Waals surface area contributed by atoms with Gasteiger partial charge in [0.1, 0.15) is 0 Å². The summed E-state index contributed by atoms with van der Waals surface area (Å²) in [5, 5.41) is 7.67. The summed E-state index contributed by atoms with van der Waals surface area (Å²) in [7, 11) is 1.71. The van der Waals surface area contributed by atoms with Crippen LogP contribution in [0, 0.1) is 6.92 Å². The summed E-state index contributed by atoms with van der Waals surface area (Å²) in [5.41, 5.74) is 2.54. The lowest BCUT2D eigenvalue weighted by Gasteiger charge is -2.05. The minimum Gasteiger partial charge on any atom is -0.383 e. The Hall–Kier alpha value is -0.870. The standard InChI is InChI=1S/C11H21N3O/c1-4-6-14-10(2)11(9-13-14)8-12-5-7-15-3/h9,12H,4-8H2,1-3H3. The van der Waals surface area contributed by atoms with E-state index in [1.165, 1.54) is 11.3 Å². The van der Waals surface area contributed by atoms with Crippen LogP contribution in [0.5, 0.6) is 0 Å². The summed E-state index contributed by atoms with van der Waals surface area (Å²) < 4.78 is 7.03. The molecule has 0 aromatic carbocycles. The minimum absolute atomic E-state index is 0.752. The lowest BCUT2D eigenvalue weighted by Crippen LogP contribution is -2.18. The van der Waals surface area contributed by atoms with Gasteiger partial charge in [0.05, 0.1) is 12.8 Å². The molecule has 1 aromatic heterocycles. The molecule has 0 fully saturated rings. The van der Waals surface area contributed by atoms with Crippen molar-refractivity contribution in [3.05, 3.63) is 17.5 Å². The van der Waals surface area contributed by atoms with E-state index < -0.39 is 0 Å². The summed E-state index contributed by atoms with van der Waals surface area (Å²) in [6.45, 7) is 7.80. The van der Waals surface area contributed by atoms with Crippen LogP contribution < -0.4 is 5.32 Å². The molecule has 0 bridgehead atoms. The Morgan fingerprint density at radius 2 is 2.33 bits per heavy atom. The van der Waals surface area contributed by atoms with E-state index in [9.17, 15) is 0 Å². The van der Waals surface area contributed by atoms with E-state index in [-0.39, 0.29) is 0 Å². The fourth-order valence-electron chi connectivity index (χ4n) is 1.49. The monoisotopic (exact) mass is 211 g/mol. The van der Waals surface area contributed by atoms with Crippen LogP contribution in [-0.2, 0) is 17.8 Å². The van der Waals surface area contributed by atoms with Gasteiger partial charge >= 0.3 is 0 Å². The van der Waals surface area contributed by atoms with Crippen molar-refractivity contribution in [3.63, 3.8) is 0 Å². The van der Waals surface area contributed by atoms with E-state index in [1.807, 2.05) is 6.20 Å². The largest absolute Gasteiger partial charge is 0.383 e. The fourth-order valence-corrected chi connectivity index (χ4v) is 1.49. The van der Waals surface area contributed by atoms with Crippen LogP contribution in [0.4, 0.5) is 0 Å². The molecule has 0 amide bonds. The summed E-state index contributed by atoms with van der Waals surface area (Å²) in [6.07, 6.45) is 3.07. The lowest BCUT2D eigenvalue weighted by molar-refractivity contribution is 0.199. The van der Waals surface area contributed by atoms with Crippen molar-refractivity contribution in [3.8, 4) is 0 Å². The molecule has 0 aliphatic carbocycles. The van der Waals surface area contributed by atoms with E-state index in [0.29, 0.717) is 0 Å². The van der Waals surface area contributed by atoms with E-state index in [1.54, 1.807) is 7.11 Å². The van der Waals surface area contributed by atoms with Crippen LogP contribution in [-0.4, -0.2) is 30.0 Å². The van der Waals surface area contributed by atoms with Crippen molar-refractivity contribution >= 4 is 0 Å². The molecule has 0 aliphatic rings. The summed E-state index contributed by atoms with van der Waals surface area (Å²) >= 11 is 0. The van der Waals surface area contributed by atoms with Gasteiger partial charge in [0.2, 0.25) is 0 Å². The van der Waals surface area contributed by atoms with Crippen LogP contribution >= 0.6 is 0 Å². The van der Waals surface area contributed by atoms with Gasteiger partial charge in [-0.05, 0) is 13.3 Å². The second-order valence-corrected chi connectivity index (χ2v) is 3.65. The molecule has 86 valence electrons. The van der Waals surface area contributed by atoms with Crippen LogP contribution in [0.15, 0.2) is 6.20 Å². The molecule has 4 nitrogen and oxygen atoms in total. The van der Waals surface area contributed by atoms with Crippen molar-refractivity contribution in [2.45, 2.75) is 33.4 Å². The van der Waals surface area contributed by atoms with Gasteiger partial charge in [0, 0.05) is 38.0 Å². The second kappa shape index (κ2) is 6.58. The maximum atomic E-state index is 4.97. The quantitative estimate of drug-likeness (QED) is 0.692. The van der Waals surface area contributed by atoms with Crippen molar-refractivity contribution in [1.29, 1.82) is 0 Å². The molecule has 0 unspecified atom stereocenters. The minimum atomic E-state index is 0.752. The third kappa shape index (κ3) is 3.64. The highest BCUT2D eigenvalue weighted by Crippen LogP contribution is 2.07. The average molecular weight is 211 g/mol. The van der Waals surface area contributed by atoms with E-state index in [0.717, 1.165) is 32.7 Å². The molecule has 1 rings (SSSR count). The topological polar surface area (TPSA) is 39.1 Å². The molecule has 1 aromatic rings. The van der Waals surface area contributed by atoms with Crippen LogP contribution in [0.1, 0.15) is 24.6 Å². The maximum absolute atomic E-state index is 4.97. The van der Waals surface area contributed by atoms with Gasteiger partial charge < -0.3 is 10.1 Å². The smallest absolute Gasteiger partial charge is 0.0587 e. The Morgan fingerprint density at radius 1 is 1.53 bits per heavy atom. The normalized spacial score (nSPS) is 10.9. The number of aromatic nitrogens is 2. The number of nitrogens with one attached hydrogen (secondary N) is 1. The SMILES string of the molecule is CCCn1ncc(CNCCOC)c1C. The number of methoxy groups -OCH3 is 1. The molecule has 0 radical (unpaired) electrons. The molecule has 15 heavy (non-hydrogen) atoms. The van der Waals surface area contributed by atoms with Gasteiger partial charge in [-0.15, -0.1) is 0 Å². The summed E-state index contributed by atoms with van der Waals surface area (Å²) in [4.78, 5) is 0. The molecule has 0 aliphatic heterocycles. The molecule has 4 heteroatoms. The first-order valence-corrected chi connectivity index (χ1v) is 5.50. The Balaban J connectivity index is 2.40. The van der Waals surface area contributed by atoms with E-state index in [2.05, 4.69) is 28.9 Å². The Morgan fingerprint density at radius 3 is 3.00 bits per heavy atom. The molecule has 1 heterocycles. The molecule has 0 atom stereocenters. The van der Waals surface area contributed by atoms with Crippen LogP contribution in [0.25, 0.3) is 0 Å². The average Bonchev–Trinajstić information content (AvgIpc) is 2.57. The van der Waals surface area contributed by atoms with Crippen LogP contribution in [0.2, 0.25) is 0 Å². The molecule has 0 saturated carbocycles. The molecule has 0 saturated heterocycles. The zero-order valence-electron chi connectivity index (χ0n) is 9.92. The van der Waals surface area contributed by atoms with E-state index >= 15 is 0 Å². The van der Waals surface area contributed by atoms with Gasteiger partial charge in [-0.25, -0.2) is 0 Å². The Labute approximate surface area is 91.6 Å². The number of hydrogen-bond donors (Lipinski definition) is 1. The predicted molar refractivity (Wildman–Crippen MR) is 60.8 cm³/mol. The first kappa shape index (κ1) is 12.2. The number of aryl methyl sites for hydroxylation is 1.